The van der Waals surface area contributed by atoms with Gasteiger partial charge in [0.25, 0.3) is 0 Å². The molecule has 1 atom stereocenters. The molecule has 1 unspecified atom stereocenters. The van der Waals surface area contributed by atoms with Crippen LogP contribution in [0.2, 0.25) is 0 Å². The monoisotopic (exact) mass is 291 g/mol. The highest BCUT2D eigenvalue weighted by Crippen LogP contribution is 2.15. The van der Waals surface area contributed by atoms with E-state index in [2.05, 4.69) is 10.1 Å². The molecular formula is C17H25NO3. The van der Waals surface area contributed by atoms with Crippen molar-refractivity contribution in [1.29, 1.82) is 0 Å². The molecule has 4 nitrogen and oxygen atoms in total. The molecule has 0 amide bonds. The van der Waals surface area contributed by atoms with Gasteiger partial charge in [0.15, 0.2) is 5.78 Å². The van der Waals surface area contributed by atoms with E-state index in [1.54, 1.807) is 0 Å². The molecule has 1 aromatic carbocycles. The van der Waals surface area contributed by atoms with Crippen LogP contribution in [0.15, 0.2) is 18.2 Å². The molecule has 0 aliphatic heterocycles. The predicted octanol–water partition coefficient (Wildman–Crippen LogP) is 2.81. The summed E-state index contributed by atoms with van der Waals surface area (Å²) in [6.45, 7) is 6.71. The van der Waals surface area contributed by atoms with Gasteiger partial charge in [-0.2, -0.15) is 0 Å². The molecule has 1 aromatic rings. The zero-order valence-corrected chi connectivity index (χ0v) is 13.4. The van der Waals surface area contributed by atoms with Crippen molar-refractivity contribution in [3.05, 3.63) is 34.9 Å². The standard InChI is InChI=1S/C17H25NO3/c1-5-10-18-15(8-9-16(19)21-4)17(20)14-11-12(2)6-7-13(14)3/h6-7,11,15,18H,5,8-10H2,1-4H3. The molecule has 21 heavy (non-hydrogen) atoms. The number of Topliss-reactive ketones (excluding diaryl/α,β-unsaturated/α-hetero) is 1. The summed E-state index contributed by atoms with van der Waals surface area (Å²) in [5.74, 6) is -0.236. The summed E-state index contributed by atoms with van der Waals surface area (Å²) in [6, 6.07) is 5.52. The van der Waals surface area contributed by atoms with Crippen LogP contribution < -0.4 is 5.32 Å². The quantitative estimate of drug-likeness (QED) is 0.591. The molecule has 116 valence electrons. The van der Waals surface area contributed by atoms with Gasteiger partial charge in [-0.15, -0.1) is 0 Å². The first-order valence-corrected chi connectivity index (χ1v) is 7.41. The SMILES string of the molecule is CCCNC(CCC(=O)OC)C(=O)c1cc(C)ccc1C. The Bertz CT molecular complexity index is 497. The molecular weight excluding hydrogens is 266 g/mol. The Labute approximate surface area is 126 Å². The first-order chi connectivity index (χ1) is 9.99. The van der Waals surface area contributed by atoms with Gasteiger partial charge in [-0.25, -0.2) is 0 Å². The average molecular weight is 291 g/mol. The summed E-state index contributed by atoms with van der Waals surface area (Å²) in [7, 11) is 1.36. The number of aryl methyl sites for hydroxylation is 2. The normalized spacial score (nSPS) is 12.0. The third-order valence-electron chi connectivity index (χ3n) is 3.48. The maximum Gasteiger partial charge on any atom is 0.305 e. The van der Waals surface area contributed by atoms with E-state index in [9.17, 15) is 9.59 Å². The number of methoxy groups -OCH3 is 1. The van der Waals surface area contributed by atoms with E-state index in [0.717, 1.165) is 29.7 Å². The molecule has 0 saturated heterocycles. The van der Waals surface area contributed by atoms with E-state index in [1.807, 2.05) is 39.0 Å². The summed E-state index contributed by atoms with van der Waals surface area (Å²) in [6.07, 6.45) is 1.64. The largest absolute Gasteiger partial charge is 0.469 e. The van der Waals surface area contributed by atoms with Gasteiger partial charge >= 0.3 is 5.97 Å². The van der Waals surface area contributed by atoms with Gasteiger partial charge in [-0.1, -0.05) is 24.6 Å². The smallest absolute Gasteiger partial charge is 0.305 e. The van der Waals surface area contributed by atoms with Crippen LogP contribution in [0.3, 0.4) is 0 Å². The maximum absolute atomic E-state index is 12.7. The van der Waals surface area contributed by atoms with Gasteiger partial charge in [0.1, 0.15) is 0 Å². The van der Waals surface area contributed by atoms with Gasteiger partial charge in [0.2, 0.25) is 0 Å². The number of nitrogens with one attached hydrogen (secondary N) is 1. The Hall–Kier alpha value is -1.68. The Morgan fingerprint density at radius 1 is 1.29 bits per heavy atom. The number of hydrogen-bond acceptors (Lipinski definition) is 4. The molecule has 4 heteroatoms. The maximum atomic E-state index is 12.7. The Morgan fingerprint density at radius 3 is 2.62 bits per heavy atom. The van der Waals surface area contributed by atoms with E-state index in [-0.39, 0.29) is 24.2 Å². The third-order valence-corrected chi connectivity index (χ3v) is 3.48. The highest BCUT2D eigenvalue weighted by atomic mass is 16.5. The van der Waals surface area contributed by atoms with E-state index >= 15 is 0 Å². The van der Waals surface area contributed by atoms with E-state index in [4.69, 9.17) is 0 Å². The molecule has 0 bridgehead atoms. The fourth-order valence-corrected chi connectivity index (χ4v) is 2.20. The number of hydrogen-bond donors (Lipinski definition) is 1. The Kier molecular flexibility index (Phi) is 7.09. The Balaban J connectivity index is 2.87. The van der Waals surface area contributed by atoms with Crippen molar-refractivity contribution in [2.45, 2.75) is 46.1 Å². The summed E-state index contributed by atoms with van der Waals surface area (Å²) in [5, 5.41) is 3.24. The number of ether oxygens (including phenoxy) is 1. The van der Waals surface area contributed by atoms with E-state index < -0.39 is 0 Å². The van der Waals surface area contributed by atoms with Crippen molar-refractivity contribution in [1.82, 2.24) is 5.32 Å². The summed E-state index contributed by atoms with van der Waals surface area (Å²) < 4.78 is 4.66. The van der Waals surface area contributed by atoms with Gasteiger partial charge < -0.3 is 10.1 Å². The van der Waals surface area contributed by atoms with Crippen molar-refractivity contribution in [2.24, 2.45) is 0 Å². The highest BCUT2D eigenvalue weighted by Gasteiger charge is 2.22. The minimum Gasteiger partial charge on any atom is -0.469 e. The predicted molar refractivity (Wildman–Crippen MR) is 83.6 cm³/mol. The van der Waals surface area contributed by atoms with Crippen molar-refractivity contribution in [3.8, 4) is 0 Å². The topological polar surface area (TPSA) is 55.4 Å². The first kappa shape index (κ1) is 17.4. The second-order valence-electron chi connectivity index (χ2n) is 5.30. The van der Waals surface area contributed by atoms with Crippen LogP contribution in [-0.4, -0.2) is 31.4 Å². The molecule has 0 aliphatic rings. The van der Waals surface area contributed by atoms with Crippen molar-refractivity contribution in [2.75, 3.05) is 13.7 Å². The lowest BCUT2D eigenvalue weighted by atomic mass is 9.95. The second kappa shape index (κ2) is 8.57. The fourth-order valence-electron chi connectivity index (χ4n) is 2.20. The van der Waals surface area contributed by atoms with Gasteiger partial charge in [0.05, 0.1) is 13.2 Å². The number of ketones is 1. The number of esters is 1. The Morgan fingerprint density at radius 2 is 2.00 bits per heavy atom. The third kappa shape index (κ3) is 5.31. The van der Waals surface area contributed by atoms with Crippen LogP contribution in [0, 0.1) is 13.8 Å². The van der Waals surface area contributed by atoms with Gasteiger partial charge in [-0.05, 0) is 44.9 Å². The van der Waals surface area contributed by atoms with Crippen molar-refractivity contribution in [3.63, 3.8) is 0 Å². The average Bonchev–Trinajstić information content (AvgIpc) is 2.48. The minimum absolute atomic E-state index is 0.0496. The molecule has 1 rings (SSSR count). The molecule has 0 aromatic heterocycles. The summed E-state index contributed by atoms with van der Waals surface area (Å²) in [5.41, 5.74) is 2.76. The fraction of sp³-hybridized carbons (Fsp3) is 0.529. The number of carbonyl (C=O) groups is 2. The zero-order chi connectivity index (χ0) is 15.8. The molecule has 0 heterocycles. The lowest BCUT2D eigenvalue weighted by Crippen LogP contribution is -2.38. The van der Waals surface area contributed by atoms with E-state index in [1.165, 1.54) is 7.11 Å². The van der Waals surface area contributed by atoms with Crippen LogP contribution in [0.5, 0.6) is 0 Å². The lowest BCUT2D eigenvalue weighted by molar-refractivity contribution is -0.140. The first-order valence-electron chi connectivity index (χ1n) is 7.41. The van der Waals surface area contributed by atoms with Crippen LogP contribution in [-0.2, 0) is 9.53 Å². The highest BCUT2D eigenvalue weighted by molar-refractivity contribution is 6.01. The number of carbonyl (C=O) groups excluding carboxylic acids is 2. The van der Waals surface area contributed by atoms with Crippen LogP contribution in [0.1, 0.15) is 47.7 Å². The zero-order valence-electron chi connectivity index (χ0n) is 13.4. The molecule has 0 aliphatic carbocycles. The number of rotatable bonds is 8. The van der Waals surface area contributed by atoms with E-state index in [0.29, 0.717) is 6.42 Å². The minimum atomic E-state index is -0.343. The van der Waals surface area contributed by atoms with Crippen LogP contribution >= 0.6 is 0 Å². The molecule has 0 fully saturated rings. The summed E-state index contributed by atoms with van der Waals surface area (Å²) >= 11 is 0. The molecule has 0 spiro atoms. The molecule has 1 N–H and O–H groups in total. The van der Waals surface area contributed by atoms with Gasteiger partial charge in [0, 0.05) is 12.0 Å². The van der Waals surface area contributed by atoms with Crippen LogP contribution in [0.4, 0.5) is 0 Å². The van der Waals surface area contributed by atoms with Crippen LogP contribution in [0.25, 0.3) is 0 Å². The lowest BCUT2D eigenvalue weighted by Gasteiger charge is -2.18. The van der Waals surface area contributed by atoms with Crippen molar-refractivity contribution >= 4 is 11.8 Å². The summed E-state index contributed by atoms with van der Waals surface area (Å²) in [4.78, 5) is 24.0. The van der Waals surface area contributed by atoms with Gasteiger partial charge in [-0.3, -0.25) is 9.59 Å². The van der Waals surface area contributed by atoms with Crippen molar-refractivity contribution < 1.29 is 14.3 Å². The number of benzene rings is 1. The molecule has 0 radical (unpaired) electrons. The second-order valence-corrected chi connectivity index (χ2v) is 5.30. The molecule has 0 saturated carbocycles.